The van der Waals surface area contributed by atoms with Crippen molar-refractivity contribution >= 4 is 32.5 Å². The molecule has 29 heavy (non-hydrogen) atoms. The van der Waals surface area contributed by atoms with Crippen molar-refractivity contribution in [1.82, 2.24) is 0 Å². The molecule has 0 spiro atoms. The Morgan fingerprint density at radius 3 is 2.72 bits per heavy atom. The fraction of sp³-hybridized carbons (Fsp3) is 0.350. The number of benzene rings is 2. The van der Waals surface area contributed by atoms with Crippen LogP contribution in [0.2, 0.25) is 0 Å². The number of nitrogens with zero attached hydrogens (tertiary/aromatic N) is 2. The van der Waals surface area contributed by atoms with E-state index in [2.05, 4.69) is 0 Å². The van der Waals surface area contributed by atoms with Gasteiger partial charge in [0.2, 0.25) is 0 Å². The SMILES string of the molecule is COc1ccc(OC)c(N2C(SCc3cccc(F)c3)=N[C@@H]3CS(=O)(=O)C[C@H]32)c1. The number of halogens is 1. The second-order valence-corrected chi connectivity index (χ2v) is 10.0. The van der Waals surface area contributed by atoms with Gasteiger partial charge in [-0.3, -0.25) is 4.99 Å². The molecule has 0 radical (unpaired) electrons. The topological polar surface area (TPSA) is 68.2 Å². The number of aliphatic imine (C=N–C) groups is 1. The highest BCUT2D eigenvalue weighted by atomic mass is 32.2. The van der Waals surface area contributed by atoms with Gasteiger partial charge in [0.25, 0.3) is 0 Å². The molecule has 2 atom stereocenters. The van der Waals surface area contributed by atoms with Crippen molar-refractivity contribution in [3.63, 3.8) is 0 Å². The Labute approximate surface area is 173 Å². The van der Waals surface area contributed by atoms with Crippen molar-refractivity contribution in [2.75, 3.05) is 30.6 Å². The minimum atomic E-state index is -3.16. The highest BCUT2D eigenvalue weighted by Crippen LogP contribution is 2.41. The lowest BCUT2D eigenvalue weighted by molar-refractivity contribution is 0.403. The lowest BCUT2D eigenvalue weighted by Crippen LogP contribution is -2.39. The third kappa shape index (κ3) is 4.06. The Hall–Kier alpha value is -2.26. The van der Waals surface area contributed by atoms with E-state index >= 15 is 0 Å². The lowest BCUT2D eigenvalue weighted by atomic mass is 10.1. The average Bonchev–Trinajstić information content (AvgIpc) is 3.16. The molecule has 0 N–H and O–H groups in total. The maximum atomic E-state index is 13.5. The number of hydrogen-bond acceptors (Lipinski definition) is 7. The molecule has 0 aliphatic carbocycles. The van der Waals surface area contributed by atoms with E-state index in [1.807, 2.05) is 17.0 Å². The Kier molecular flexibility index (Phi) is 5.44. The normalized spacial score (nSPS) is 22.3. The molecule has 1 fully saturated rings. The van der Waals surface area contributed by atoms with Crippen LogP contribution >= 0.6 is 11.8 Å². The van der Waals surface area contributed by atoms with Crippen molar-refractivity contribution in [3.05, 3.63) is 53.8 Å². The second-order valence-electron chi connectivity index (χ2n) is 6.95. The molecule has 0 aromatic heterocycles. The molecule has 0 saturated carbocycles. The van der Waals surface area contributed by atoms with Crippen LogP contribution in [0.1, 0.15) is 5.56 Å². The molecule has 0 bridgehead atoms. The van der Waals surface area contributed by atoms with E-state index in [4.69, 9.17) is 14.5 Å². The molecule has 0 amide bonds. The molecule has 4 rings (SSSR count). The fourth-order valence-electron chi connectivity index (χ4n) is 3.67. The summed E-state index contributed by atoms with van der Waals surface area (Å²) < 4.78 is 48.8. The summed E-state index contributed by atoms with van der Waals surface area (Å²) in [6.07, 6.45) is 0. The molecule has 1 saturated heterocycles. The van der Waals surface area contributed by atoms with Crippen LogP contribution in [-0.4, -0.2) is 51.4 Å². The molecule has 2 aromatic rings. The average molecular weight is 437 g/mol. The van der Waals surface area contributed by atoms with E-state index in [0.29, 0.717) is 28.1 Å². The fourth-order valence-corrected chi connectivity index (χ4v) is 6.58. The number of methoxy groups -OCH3 is 2. The number of thioether (sulfide) groups is 1. The van der Waals surface area contributed by atoms with Crippen LogP contribution in [0, 0.1) is 5.82 Å². The first-order valence-corrected chi connectivity index (χ1v) is 11.9. The maximum absolute atomic E-state index is 13.5. The summed E-state index contributed by atoms with van der Waals surface area (Å²) in [6, 6.07) is 11.2. The van der Waals surface area contributed by atoms with Crippen molar-refractivity contribution in [2.24, 2.45) is 4.99 Å². The number of rotatable bonds is 5. The summed E-state index contributed by atoms with van der Waals surface area (Å²) in [6.45, 7) is 0. The van der Waals surface area contributed by atoms with Crippen LogP contribution in [0.15, 0.2) is 47.5 Å². The minimum Gasteiger partial charge on any atom is -0.497 e. The van der Waals surface area contributed by atoms with E-state index in [1.54, 1.807) is 32.4 Å². The number of sulfone groups is 1. The first-order valence-electron chi connectivity index (χ1n) is 9.07. The van der Waals surface area contributed by atoms with Gasteiger partial charge < -0.3 is 14.4 Å². The van der Waals surface area contributed by atoms with Gasteiger partial charge in [-0.25, -0.2) is 12.8 Å². The highest BCUT2D eigenvalue weighted by Gasteiger charge is 2.47. The minimum absolute atomic E-state index is 0.0322. The van der Waals surface area contributed by atoms with Crippen molar-refractivity contribution in [3.8, 4) is 11.5 Å². The Morgan fingerprint density at radius 1 is 1.17 bits per heavy atom. The van der Waals surface area contributed by atoms with Crippen LogP contribution < -0.4 is 14.4 Å². The van der Waals surface area contributed by atoms with Gasteiger partial charge in [-0.05, 0) is 29.8 Å². The molecule has 2 aliphatic rings. The van der Waals surface area contributed by atoms with Gasteiger partial charge in [-0.2, -0.15) is 0 Å². The summed E-state index contributed by atoms with van der Waals surface area (Å²) in [5.74, 6) is 1.54. The zero-order valence-corrected chi connectivity index (χ0v) is 17.7. The van der Waals surface area contributed by atoms with Crippen molar-refractivity contribution < 1.29 is 22.3 Å². The van der Waals surface area contributed by atoms with Crippen LogP contribution in [0.5, 0.6) is 11.5 Å². The van der Waals surface area contributed by atoms with E-state index in [1.165, 1.54) is 23.9 Å². The number of anilines is 1. The first-order chi connectivity index (χ1) is 13.9. The van der Waals surface area contributed by atoms with Gasteiger partial charge in [0.05, 0.1) is 43.5 Å². The molecule has 2 heterocycles. The number of ether oxygens (including phenoxy) is 2. The van der Waals surface area contributed by atoms with Gasteiger partial charge in [-0.15, -0.1) is 0 Å². The molecule has 9 heteroatoms. The number of hydrogen-bond donors (Lipinski definition) is 0. The van der Waals surface area contributed by atoms with E-state index < -0.39 is 9.84 Å². The molecule has 2 aromatic carbocycles. The third-order valence-corrected chi connectivity index (χ3v) is 7.75. The first kappa shape index (κ1) is 20.0. The van der Waals surface area contributed by atoms with Gasteiger partial charge >= 0.3 is 0 Å². The van der Waals surface area contributed by atoms with Gasteiger partial charge in [-0.1, -0.05) is 23.9 Å². The lowest BCUT2D eigenvalue weighted by Gasteiger charge is -2.28. The van der Waals surface area contributed by atoms with Crippen molar-refractivity contribution in [1.29, 1.82) is 0 Å². The second kappa shape index (κ2) is 7.87. The Balaban J connectivity index is 1.69. The Morgan fingerprint density at radius 2 is 2.00 bits per heavy atom. The third-order valence-electron chi connectivity index (χ3n) is 5.01. The quantitative estimate of drug-likeness (QED) is 0.718. The van der Waals surface area contributed by atoms with Gasteiger partial charge in [0.1, 0.15) is 17.3 Å². The standard InChI is InChI=1S/C20H21FN2O4S2/c1-26-15-6-7-19(27-2)17(9-15)23-18-12-29(24,25)11-16(18)22-20(23)28-10-13-4-3-5-14(21)8-13/h3-9,16,18H,10-12H2,1-2H3/t16-,18-/m1/s1. The van der Waals surface area contributed by atoms with Crippen LogP contribution in [0.25, 0.3) is 0 Å². The smallest absolute Gasteiger partial charge is 0.164 e. The largest absolute Gasteiger partial charge is 0.497 e. The zero-order chi connectivity index (χ0) is 20.6. The Bertz CT molecular complexity index is 1060. The van der Waals surface area contributed by atoms with E-state index in [9.17, 15) is 12.8 Å². The predicted molar refractivity (Wildman–Crippen MR) is 113 cm³/mol. The van der Waals surface area contributed by atoms with Gasteiger partial charge in [0.15, 0.2) is 15.0 Å². The molecular formula is C20H21FN2O4S2. The summed E-state index contributed by atoms with van der Waals surface area (Å²) >= 11 is 1.46. The van der Waals surface area contributed by atoms with Crippen molar-refractivity contribution in [2.45, 2.75) is 17.8 Å². The van der Waals surface area contributed by atoms with E-state index in [0.717, 1.165) is 5.56 Å². The summed E-state index contributed by atoms with van der Waals surface area (Å²) in [5, 5.41) is 0.700. The number of amidine groups is 1. The van der Waals surface area contributed by atoms with Crippen LogP contribution in [-0.2, 0) is 15.6 Å². The molecule has 154 valence electrons. The van der Waals surface area contributed by atoms with Crippen LogP contribution in [0.4, 0.5) is 10.1 Å². The molecule has 0 unspecified atom stereocenters. The number of fused-ring (bicyclic) bond motifs is 1. The summed E-state index contributed by atoms with van der Waals surface area (Å²) in [4.78, 5) is 6.64. The maximum Gasteiger partial charge on any atom is 0.164 e. The van der Waals surface area contributed by atoms with E-state index in [-0.39, 0.29) is 29.4 Å². The molecule has 6 nitrogen and oxygen atoms in total. The summed E-state index contributed by atoms with van der Waals surface area (Å²) in [5.41, 5.74) is 1.54. The summed E-state index contributed by atoms with van der Waals surface area (Å²) in [7, 11) is -0.0116. The predicted octanol–water partition coefficient (Wildman–Crippen LogP) is 3.12. The molecular weight excluding hydrogens is 415 g/mol. The monoisotopic (exact) mass is 436 g/mol. The zero-order valence-electron chi connectivity index (χ0n) is 16.0. The van der Waals surface area contributed by atoms with Crippen LogP contribution in [0.3, 0.4) is 0 Å². The molecule has 2 aliphatic heterocycles. The highest BCUT2D eigenvalue weighted by molar-refractivity contribution is 8.13. The van der Waals surface area contributed by atoms with Gasteiger partial charge in [0, 0.05) is 11.8 Å².